The van der Waals surface area contributed by atoms with Crippen molar-refractivity contribution in [1.82, 2.24) is 9.88 Å². The van der Waals surface area contributed by atoms with Gasteiger partial charge in [0.25, 0.3) is 5.91 Å². The van der Waals surface area contributed by atoms with E-state index in [4.69, 9.17) is 5.73 Å². The van der Waals surface area contributed by atoms with Crippen LogP contribution in [0.4, 0.5) is 5.69 Å². The van der Waals surface area contributed by atoms with Gasteiger partial charge in [-0.15, -0.1) is 22.7 Å². The van der Waals surface area contributed by atoms with Gasteiger partial charge in [0.2, 0.25) is 0 Å². The molecule has 0 spiro atoms. The number of hydrogen-bond donors (Lipinski definition) is 1. The molecule has 0 aliphatic rings. The maximum absolute atomic E-state index is 12.6. The molecule has 4 nitrogen and oxygen atoms in total. The summed E-state index contributed by atoms with van der Waals surface area (Å²) < 4.78 is 1.04. The van der Waals surface area contributed by atoms with E-state index in [2.05, 4.69) is 4.98 Å². The zero-order chi connectivity index (χ0) is 15.0. The second-order valence-electron chi connectivity index (χ2n) is 4.99. The van der Waals surface area contributed by atoms with Gasteiger partial charge in [0, 0.05) is 22.5 Å². The van der Waals surface area contributed by atoms with Crippen molar-refractivity contribution in [3.63, 3.8) is 0 Å². The first-order valence-corrected chi connectivity index (χ1v) is 8.23. The second kappa shape index (κ2) is 5.46. The van der Waals surface area contributed by atoms with Crippen LogP contribution in [0.1, 0.15) is 20.9 Å². The topological polar surface area (TPSA) is 59.2 Å². The fourth-order valence-corrected chi connectivity index (χ4v) is 3.84. The van der Waals surface area contributed by atoms with Crippen LogP contribution >= 0.6 is 22.7 Å². The van der Waals surface area contributed by atoms with Crippen LogP contribution in [0.2, 0.25) is 0 Å². The van der Waals surface area contributed by atoms with Crippen LogP contribution in [-0.4, -0.2) is 22.8 Å². The summed E-state index contributed by atoms with van der Waals surface area (Å²) >= 11 is 2.97. The summed E-state index contributed by atoms with van der Waals surface area (Å²) in [5, 5.41) is 2.91. The zero-order valence-electron chi connectivity index (χ0n) is 11.8. The average Bonchev–Trinajstić information content (AvgIpc) is 3.07. The number of thiazole rings is 1. The summed E-state index contributed by atoms with van der Waals surface area (Å²) in [6.07, 6.45) is 0. The number of nitrogens with two attached hydrogens (primary N) is 1. The molecule has 0 radical (unpaired) electrons. The summed E-state index contributed by atoms with van der Waals surface area (Å²) in [7, 11) is 1.77. The number of benzene rings is 1. The molecular formula is C15H15N3OS2. The predicted molar refractivity (Wildman–Crippen MR) is 88.9 cm³/mol. The Hall–Kier alpha value is -1.92. The van der Waals surface area contributed by atoms with Crippen molar-refractivity contribution >= 4 is 44.4 Å². The normalized spacial score (nSPS) is 11.0. The molecule has 6 heteroatoms. The minimum absolute atomic E-state index is 0.0562. The van der Waals surface area contributed by atoms with Gasteiger partial charge < -0.3 is 10.6 Å². The average molecular weight is 317 g/mol. The maximum atomic E-state index is 12.6. The minimum atomic E-state index is -0.0562. The van der Waals surface area contributed by atoms with Crippen molar-refractivity contribution in [2.45, 2.75) is 13.5 Å². The summed E-state index contributed by atoms with van der Waals surface area (Å²) in [4.78, 5) is 19.0. The predicted octanol–water partition coefficient (Wildman–Crippen LogP) is 3.52. The van der Waals surface area contributed by atoms with Crippen LogP contribution in [-0.2, 0) is 6.54 Å². The molecule has 0 saturated carbocycles. The number of hydrogen-bond acceptors (Lipinski definition) is 5. The number of nitrogens with zero attached hydrogens (tertiary/aromatic N) is 2. The van der Waals surface area contributed by atoms with E-state index in [0.717, 1.165) is 21.3 Å². The summed E-state index contributed by atoms with van der Waals surface area (Å²) in [6.45, 7) is 2.52. The quantitative estimate of drug-likeness (QED) is 0.804. The lowest BCUT2D eigenvalue weighted by Crippen LogP contribution is -2.26. The Morgan fingerprint density at radius 1 is 1.43 bits per heavy atom. The highest BCUT2D eigenvalue weighted by Crippen LogP contribution is 2.35. The number of aromatic nitrogens is 1. The molecule has 2 N–H and O–H groups in total. The highest BCUT2D eigenvalue weighted by molar-refractivity contribution is 7.21. The molecule has 3 aromatic rings. The molecule has 0 atom stereocenters. The molecule has 2 aromatic heterocycles. The molecule has 108 valence electrons. The van der Waals surface area contributed by atoms with Gasteiger partial charge in [0.05, 0.1) is 23.4 Å². The Bertz CT molecular complexity index is 793. The molecule has 21 heavy (non-hydrogen) atoms. The van der Waals surface area contributed by atoms with Crippen LogP contribution < -0.4 is 5.73 Å². The van der Waals surface area contributed by atoms with E-state index in [1.165, 1.54) is 22.7 Å². The van der Waals surface area contributed by atoms with Crippen LogP contribution in [0.5, 0.6) is 0 Å². The molecule has 0 unspecified atom stereocenters. The summed E-state index contributed by atoms with van der Waals surface area (Å²) in [5.74, 6) is -0.0562. The van der Waals surface area contributed by atoms with Gasteiger partial charge in [-0.05, 0) is 19.1 Å². The fraction of sp³-hybridized carbons (Fsp3) is 0.200. The number of anilines is 1. The van der Waals surface area contributed by atoms with E-state index >= 15 is 0 Å². The van der Waals surface area contributed by atoms with E-state index in [9.17, 15) is 4.79 Å². The third-order valence-electron chi connectivity index (χ3n) is 3.31. The van der Waals surface area contributed by atoms with E-state index < -0.39 is 0 Å². The number of thiophene rings is 1. The number of carbonyl (C=O) groups is 1. The number of amides is 1. The number of nitrogen functional groups attached to an aromatic ring is 1. The van der Waals surface area contributed by atoms with Crippen molar-refractivity contribution in [3.8, 4) is 0 Å². The van der Waals surface area contributed by atoms with E-state index in [1.54, 1.807) is 17.5 Å². The number of carbonyl (C=O) groups excluding carboxylic acids is 1. The molecule has 1 aromatic carbocycles. The van der Waals surface area contributed by atoms with E-state index in [-0.39, 0.29) is 5.91 Å². The van der Waals surface area contributed by atoms with Crippen molar-refractivity contribution in [2.24, 2.45) is 0 Å². The first kappa shape index (κ1) is 14.0. The fourth-order valence-electron chi connectivity index (χ4n) is 2.19. The van der Waals surface area contributed by atoms with Gasteiger partial charge in [-0.2, -0.15) is 0 Å². The van der Waals surface area contributed by atoms with Gasteiger partial charge in [0.1, 0.15) is 4.88 Å². The smallest absolute Gasteiger partial charge is 0.266 e. The van der Waals surface area contributed by atoms with E-state index in [0.29, 0.717) is 17.1 Å². The standard InChI is InChI=1S/C15H15N3OS2/c1-9-3-4-12-11(5-9)13(16)14(21-12)15(19)18(2)6-10-7-20-8-17-10/h3-5,7-8H,6,16H2,1-2H3. The largest absolute Gasteiger partial charge is 0.397 e. The van der Waals surface area contributed by atoms with Crippen LogP contribution in [0.15, 0.2) is 29.1 Å². The van der Waals surface area contributed by atoms with Crippen molar-refractivity contribution in [3.05, 3.63) is 45.2 Å². The van der Waals surface area contributed by atoms with E-state index in [1.807, 2.05) is 30.5 Å². The lowest BCUT2D eigenvalue weighted by molar-refractivity contribution is 0.0789. The first-order chi connectivity index (χ1) is 10.1. The molecule has 0 bridgehead atoms. The minimum Gasteiger partial charge on any atom is -0.397 e. The Balaban J connectivity index is 1.92. The molecule has 1 amide bonds. The molecule has 0 aliphatic heterocycles. The van der Waals surface area contributed by atoms with Crippen LogP contribution in [0, 0.1) is 6.92 Å². The Morgan fingerprint density at radius 3 is 2.95 bits per heavy atom. The first-order valence-electron chi connectivity index (χ1n) is 6.47. The maximum Gasteiger partial charge on any atom is 0.266 e. The Kier molecular flexibility index (Phi) is 3.65. The molecule has 3 rings (SSSR count). The lowest BCUT2D eigenvalue weighted by Gasteiger charge is -2.15. The summed E-state index contributed by atoms with van der Waals surface area (Å²) in [6, 6.07) is 6.08. The van der Waals surface area contributed by atoms with Crippen molar-refractivity contribution in [1.29, 1.82) is 0 Å². The van der Waals surface area contributed by atoms with Crippen molar-refractivity contribution in [2.75, 3.05) is 12.8 Å². The highest BCUT2D eigenvalue weighted by Gasteiger charge is 2.20. The molecule has 0 fully saturated rings. The van der Waals surface area contributed by atoms with Crippen LogP contribution in [0.3, 0.4) is 0 Å². The van der Waals surface area contributed by atoms with Gasteiger partial charge in [-0.1, -0.05) is 11.6 Å². The van der Waals surface area contributed by atoms with Gasteiger partial charge in [-0.3, -0.25) is 4.79 Å². The summed E-state index contributed by atoms with van der Waals surface area (Å²) in [5.41, 5.74) is 10.6. The van der Waals surface area contributed by atoms with Gasteiger partial charge in [0.15, 0.2) is 0 Å². The van der Waals surface area contributed by atoms with Gasteiger partial charge in [-0.25, -0.2) is 4.98 Å². The second-order valence-corrected chi connectivity index (χ2v) is 6.76. The SMILES string of the molecule is Cc1ccc2sc(C(=O)N(C)Cc3cscn3)c(N)c2c1. The lowest BCUT2D eigenvalue weighted by atomic mass is 10.1. The Labute approximate surface area is 130 Å². The molecule has 0 aliphatic carbocycles. The van der Waals surface area contributed by atoms with Crippen LogP contribution in [0.25, 0.3) is 10.1 Å². The molecular weight excluding hydrogens is 302 g/mol. The Morgan fingerprint density at radius 2 is 2.24 bits per heavy atom. The van der Waals surface area contributed by atoms with Gasteiger partial charge >= 0.3 is 0 Å². The van der Waals surface area contributed by atoms with Crippen molar-refractivity contribution < 1.29 is 4.79 Å². The number of fused-ring (bicyclic) bond motifs is 1. The monoisotopic (exact) mass is 317 g/mol. The number of aryl methyl sites for hydroxylation is 1. The third-order valence-corrected chi connectivity index (χ3v) is 5.12. The zero-order valence-corrected chi connectivity index (χ0v) is 13.4. The third kappa shape index (κ3) is 2.64. The molecule has 2 heterocycles. The molecule has 0 saturated heterocycles. The number of rotatable bonds is 3. The highest BCUT2D eigenvalue weighted by atomic mass is 32.1.